The lowest BCUT2D eigenvalue weighted by molar-refractivity contribution is 0.211. The van der Waals surface area contributed by atoms with Gasteiger partial charge in [0.1, 0.15) is 10.2 Å². The third-order valence-corrected chi connectivity index (χ3v) is 6.28. The average Bonchev–Trinajstić information content (AvgIpc) is 2.97. The minimum Gasteiger partial charge on any atom is -0.450 e. The Bertz CT molecular complexity index is 735. The quantitative estimate of drug-likeness (QED) is 0.331. The Hall–Kier alpha value is -1.36. The van der Waals surface area contributed by atoms with Crippen molar-refractivity contribution in [2.45, 2.75) is 97.8 Å². The Morgan fingerprint density at radius 1 is 0.926 bits per heavy atom. The molecule has 0 bridgehead atoms. The topological polar surface area (TPSA) is 52.3 Å². The number of fused-ring (bicyclic) bond motifs is 1. The summed E-state index contributed by atoms with van der Waals surface area (Å²) >= 11 is 1.62. The van der Waals surface area contributed by atoms with E-state index in [4.69, 9.17) is 9.15 Å². The van der Waals surface area contributed by atoms with Crippen molar-refractivity contribution in [2.24, 2.45) is 0 Å². The molecule has 0 spiro atoms. The largest absolute Gasteiger partial charge is 0.450 e. The maximum absolute atomic E-state index is 12.4. The number of unbranched alkanes of at least 4 members (excludes halogenated alkanes) is 9. The normalized spacial score (nSPS) is 11.4. The van der Waals surface area contributed by atoms with Crippen LogP contribution in [0.15, 0.2) is 9.21 Å². The summed E-state index contributed by atoms with van der Waals surface area (Å²) in [6.07, 6.45) is 14.6. The van der Waals surface area contributed by atoms with Crippen LogP contribution < -0.4 is 10.4 Å². The lowest BCUT2D eigenvalue weighted by atomic mass is 10.1. The van der Waals surface area contributed by atoms with E-state index in [2.05, 4.69) is 18.8 Å². The van der Waals surface area contributed by atoms with Crippen LogP contribution >= 0.6 is 11.3 Å². The van der Waals surface area contributed by atoms with E-state index < -0.39 is 0 Å². The molecule has 2 aromatic heterocycles. The van der Waals surface area contributed by atoms with Gasteiger partial charge < -0.3 is 9.15 Å². The molecule has 5 heteroatoms. The number of aromatic nitrogens is 1. The summed E-state index contributed by atoms with van der Waals surface area (Å²) in [4.78, 5) is 18.8. The van der Waals surface area contributed by atoms with E-state index in [1.54, 1.807) is 11.3 Å². The van der Waals surface area contributed by atoms with Gasteiger partial charge in [-0.05, 0) is 31.7 Å². The summed E-state index contributed by atoms with van der Waals surface area (Å²) in [6.45, 7) is 7.02. The third-order valence-electron chi connectivity index (χ3n) is 5.03. The molecular formula is C22H35NO3S. The molecule has 0 fully saturated rings. The minimum absolute atomic E-state index is 0.122. The van der Waals surface area contributed by atoms with Crippen molar-refractivity contribution in [3.63, 3.8) is 0 Å². The van der Waals surface area contributed by atoms with E-state index in [0.29, 0.717) is 12.0 Å². The number of hydrogen-bond donors (Lipinski definition) is 0. The van der Waals surface area contributed by atoms with Crippen molar-refractivity contribution in [2.75, 3.05) is 6.61 Å². The molecule has 0 amide bonds. The van der Waals surface area contributed by atoms with E-state index in [1.165, 1.54) is 62.7 Å². The molecule has 2 aromatic rings. The molecule has 27 heavy (non-hydrogen) atoms. The van der Waals surface area contributed by atoms with E-state index in [1.807, 2.05) is 6.92 Å². The van der Waals surface area contributed by atoms with E-state index in [-0.39, 0.29) is 11.7 Å². The van der Waals surface area contributed by atoms with Gasteiger partial charge in [0.25, 0.3) is 0 Å². The number of rotatable bonds is 14. The van der Waals surface area contributed by atoms with Crippen molar-refractivity contribution in [1.82, 2.24) is 4.98 Å². The monoisotopic (exact) mass is 393 g/mol. The maximum atomic E-state index is 12.4. The first-order chi connectivity index (χ1) is 13.2. The minimum atomic E-state index is -0.316. The zero-order chi connectivity index (χ0) is 19.5. The molecule has 0 aliphatic heterocycles. The van der Waals surface area contributed by atoms with Gasteiger partial charge in [-0.25, -0.2) is 4.79 Å². The predicted octanol–water partition coefficient (Wildman–Crippen LogP) is 6.81. The molecular weight excluding hydrogens is 358 g/mol. The number of nitrogens with zero attached hydrogens (tertiary/aromatic N) is 1. The molecule has 0 atom stereocenters. The highest BCUT2D eigenvalue weighted by Gasteiger charge is 2.16. The van der Waals surface area contributed by atoms with Gasteiger partial charge in [0, 0.05) is 4.88 Å². The van der Waals surface area contributed by atoms with Crippen LogP contribution in [0.2, 0.25) is 0 Å². The van der Waals surface area contributed by atoms with Crippen molar-refractivity contribution < 1.29 is 9.15 Å². The second-order valence-corrected chi connectivity index (χ2v) is 8.46. The highest BCUT2D eigenvalue weighted by molar-refractivity contribution is 7.18. The van der Waals surface area contributed by atoms with Crippen molar-refractivity contribution >= 4 is 21.6 Å². The van der Waals surface area contributed by atoms with Crippen LogP contribution in [0.3, 0.4) is 0 Å². The fraction of sp³-hybridized carbons (Fsp3) is 0.727. The van der Waals surface area contributed by atoms with Crippen LogP contribution in [0.4, 0.5) is 0 Å². The molecule has 0 N–H and O–H groups in total. The van der Waals surface area contributed by atoms with E-state index in [9.17, 15) is 4.79 Å². The maximum Gasteiger partial charge on any atom is 0.397 e. The van der Waals surface area contributed by atoms with Gasteiger partial charge in [-0.3, -0.25) is 0 Å². The molecule has 0 unspecified atom stereocenters. The predicted molar refractivity (Wildman–Crippen MR) is 114 cm³/mol. The Morgan fingerprint density at radius 3 is 2.26 bits per heavy atom. The smallest absolute Gasteiger partial charge is 0.397 e. The summed E-state index contributed by atoms with van der Waals surface area (Å²) in [7, 11) is 0. The van der Waals surface area contributed by atoms with Crippen LogP contribution in [0, 0.1) is 6.92 Å². The fourth-order valence-electron chi connectivity index (χ4n) is 3.33. The highest BCUT2D eigenvalue weighted by Crippen LogP contribution is 2.30. The fourth-order valence-corrected chi connectivity index (χ4v) is 4.52. The van der Waals surface area contributed by atoms with Crippen molar-refractivity contribution in [1.29, 1.82) is 0 Å². The van der Waals surface area contributed by atoms with Crippen LogP contribution in [-0.2, 0) is 6.42 Å². The van der Waals surface area contributed by atoms with Crippen LogP contribution in [0.5, 0.6) is 6.08 Å². The third kappa shape index (κ3) is 6.95. The van der Waals surface area contributed by atoms with Crippen LogP contribution in [-0.4, -0.2) is 11.6 Å². The summed E-state index contributed by atoms with van der Waals surface area (Å²) in [5, 5.41) is 0.635. The average molecular weight is 394 g/mol. The highest BCUT2D eigenvalue weighted by atomic mass is 32.1. The van der Waals surface area contributed by atoms with Gasteiger partial charge in [0.05, 0.1) is 6.61 Å². The lowest BCUT2D eigenvalue weighted by Crippen LogP contribution is -2.06. The molecule has 152 valence electrons. The molecule has 2 heterocycles. The lowest BCUT2D eigenvalue weighted by Gasteiger charge is -2.03. The molecule has 2 rings (SSSR count). The Kier molecular flexibility index (Phi) is 9.89. The number of aryl methyl sites for hydroxylation is 2. The second-order valence-electron chi connectivity index (χ2n) is 7.38. The zero-order valence-corrected chi connectivity index (χ0v) is 18.1. The van der Waals surface area contributed by atoms with E-state index in [0.717, 1.165) is 29.7 Å². The van der Waals surface area contributed by atoms with Gasteiger partial charge in [-0.2, -0.15) is 4.98 Å². The summed E-state index contributed by atoms with van der Waals surface area (Å²) in [5.74, 6) is 0. The molecule has 0 radical (unpaired) electrons. The van der Waals surface area contributed by atoms with Crippen LogP contribution in [0.1, 0.15) is 94.9 Å². The molecule has 0 saturated heterocycles. The van der Waals surface area contributed by atoms with Crippen molar-refractivity contribution in [3.05, 3.63) is 20.9 Å². The Balaban J connectivity index is 1.90. The zero-order valence-electron chi connectivity index (χ0n) is 17.3. The first-order valence-electron chi connectivity index (χ1n) is 10.7. The number of ether oxygens (including phenoxy) is 1. The van der Waals surface area contributed by atoms with Gasteiger partial charge in [-0.15, -0.1) is 11.3 Å². The van der Waals surface area contributed by atoms with Crippen molar-refractivity contribution in [3.8, 4) is 6.08 Å². The summed E-state index contributed by atoms with van der Waals surface area (Å²) in [5.41, 5.74) is 0.721. The number of hydrogen-bond acceptors (Lipinski definition) is 5. The molecule has 0 aliphatic carbocycles. The number of thiophene rings is 1. The standard InChI is InChI=1S/C22H35NO3S/c1-4-6-8-10-12-14-16-25-22-23-20-19(21(24)26-22)17(3)18(27-20)15-13-11-9-7-5-2/h4-16H2,1-3H3. The molecule has 0 aromatic carbocycles. The second kappa shape index (κ2) is 12.2. The molecule has 4 nitrogen and oxygen atoms in total. The van der Waals surface area contributed by atoms with E-state index >= 15 is 0 Å². The SMILES string of the molecule is CCCCCCCCOc1nc2sc(CCCCCCC)c(C)c2c(=O)o1. The van der Waals surface area contributed by atoms with Gasteiger partial charge in [0.15, 0.2) is 0 Å². The first-order valence-corrected chi connectivity index (χ1v) is 11.5. The van der Waals surface area contributed by atoms with Crippen LogP contribution in [0.25, 0.3) is 10.2 Å². The van der Waals surface area contributed by atoms with Gasteiger partial charge in [-0.1, -0.05) is 71.6 Å². The molecule has 0 saturated carbocycles. The van der Waals surface area contributed by atoms with Gasteiger partial charge in [0.2, 0.25) is 0 Å². The Morgan fingerprint density at radius 2 is 1.56 bits per heavy atom. The molecule has 0 aliphatic rings. The summed E-state index contributed by atoms with van der Waals surface area (Å²) < 4.78 is 10.9. The Labute approximate surface area is 167 Å². The van der Waals surface area contributed by atoms with Gasteiger partial charge >= 0.3 is 11.7 Å². The summed E-state index contributed by atoms with van der Waals surface area (Å²) in [6, 6.07) is 0. The first kappa shape index (κ1) is 21.9.